The first-order valence-corrected chi connectivity index (χ1v) is 5.72. The van der Waals surface area contributed by atoms with Crippen LogP contribution in [0.2, 0.25) is 5.15 Å². The average Bonchev–Trinajstić information content (AvgIpc) is 2.66. The monoisotopic (exact) mass is 301 g/mol. The minimum absolute atomic E-state index is 0.452. The number of nitrogens with zero attached hydrogens (tertiary/aromatic N) is 4. The van der Waals surface area contributed by atoms with Gasteiger partial charge in [0, 0.05) is 7.05 Å². The molecule has 7 heteroatoms. The Hall–Kier alpha value is -1.14. The first-order valence-electron chi connectivity index (χ1n) is 4.55. The summed E-state index contributed by atoms with van der Waals surface area (Å²) in [5, 5.41) is 11.3. The fourth-order valence-corrected chi connectivity index (χ4v) is 1.63. The van der Waals surface area contributed by atoms with Crippen molar-refractivity contribution < 1.29 is 0 Å². The Morgan fingerprint density at radius 3 is 2.94 bits per heavy atom. The van der Waals surface area contributed by atoms with E-state index in [1.807, 2.05) is 13.1 Å². The standard InChI is InChI=1S/C9H9BrClN5/c1-16-7(5-14-15-16)4-12-6-2-8(10)9(11)13-3-6/h2-3,5,12H,4H2,1H3. The van der Waals surface area contributed by atoms with Crippen LogP contribution in [0.25, 0.3) is 0 Å². The number of halogens is 2. The third kappa shape index (κ3) is 2.51. The van der Waals surface area contributed by atoms with E-state index in [0.717, 1.165) is 15.9 Å². The highest BCUT2D eigenvalue weighted by Crippen LogP contribution is 2.22. The van der Waals surface area contributed by atoms with Gasteiger partial charge in [0.05, 0.1) is 34.8 Å². The summed E-state index contributed by atoms with van der Waals surface area (Å²) in [5.41, 5.74) is 1.88. The van der Waals surface area contributed by atoms with Crippen molar-refractivity contribution in [1.29, 1.82) is 0 Å². The van der Waals surface area contributed by atoms with Crippen molar-refractivity contribution in [2.75, 3.05) is 5.32 Å². The van der Waals surface area contributed by atoms with Gasteiger partial charge < -0.3 is 5.32 Å². The quantitative estimate of drug-likeness (QED) is 0.884. The van der Waals surface area contributed by atoms with E-state index in [4.69, 9.17) is 11.6 Å². The van der Waals surface area contributed by atoms with Crippen molar-refractivity contribution >= 4 is 33.2 Å². The highest BCUT2D eigenvalue weighted by atomic mass is 79.9. The molecule has 2 aromatic rings. The molecule has 0 unspecified atom stereocenters. The molecule has 0 spiro atoms. The second-order valence-corrected chi connectivity index (χ2v) is 4.41. The lowest BCUT2D eigenvalue weighted by molar-refractivity contribution is 0.683. The molecule has 1 N–H and O–H groups in total. The average molecular weight is 303 g/mol. The molecule has 84 valence electrons. The maximum Gasteiger partial charge on any atom is 0.143 e. The minimum atomic E-state index is 0.452. The predicted molar refractivity (Wildman–Crippen MR) is 65.3 cm³/mol. The molecule has 0 saturated carbocycles. The Morgan fingerprint density at radius 1 is 1.50 bits per heavy atom. The Kier molecular flexibility index (Phi) is 3.40. The lowest BCUT2D eigenvalue weighted by atomic mass is 10.4. The Bertz CT molecular complexity index is 498. The van der Waals surface area contributed by atoms with Gasteiger partial charge in [-0.25, -0.2) is 4.98 Å². The van der Waals surface area contributed by atoms with Gasteiger partial charge in [-0.1, -0.05) is 16.8 Å². The SMILES string of the molecule is Cn1nncc1CNc1cnc(Cl)c(Br)c1. The van der Waals surface area contributed by atoms with Gasteiger partial charge in [-0.3, -0.25) is 4.68 Å². The number of aryl methyl sites for hydroxylation is 1. The predicted octanol–water partition coefficient (Wildman–Crippen LogP) is 2.24. The van der Waals surface area contributed by atoms with Crippen LogP contribution < -0.4 is 5.32 Å². The van der Waals surface area contributed by atoms with E-state index in [1.165, 1.54) is 0 Å². The van der Waals surface area contributed by atoms with Gasteiger partial charge in [-0.15, -0.1) is 5.10 Å². The zero-order valence-corrected chi connectivity index (χ0v) is 10.8. The number of aromatic nitrogens is 4. The molecule has 0 radical (unpaired) electrons. The molecule has 2 heterocycles. The van der Waals surface area contributed by atoms with E-state index in [-0.39, 0.29) is 0 Å². The molecule has 0 saturated heterocycles. The van der Waals surface area contributed by atoms with Gasteiger partial charge in [-0.2, -0.15) is 0 Å². The Labute approximate surface area is 106 Å². The maximum absolute atomic E-state index is 5.80. The van der Waals surface area contributed by atoms with Gasteiger partial charge in [-0.05, 0) is 22.0 Å². The zero-order chi connectivity index (χ0) is 11.5. The molecular formula is C9H9BrClN5. The summed E-state index contributed by atoms with van der Waals surface area (Å²) in [6.45, 7) is 0.638. The molecular weight excluding hydrogens is 293 g/mol. The van der Waals surface area contributed by atoms with E-state index in [0.29, 0.717) is 11.7 Å². The highest BCUT2D eigenvalue weighted by molar-refractivity contribution is 9.10. The van der Waals surface area contributed by atoms with Gasteiger partial charge >= 0.3 is 0 Å². The molecule has 2 aromatic heterocycles. The first kappa shape index (κ1) is 11.3. The van der Waals surface area contributed by atoms with Crippen LogP contribution in [-0.2, 0) is 13.6 Å². The number of rotatable bonds is 3. The summed E-state index contributed by atoms with van der Waals surface area (Å²) < 4.78 is 2.48. The molecule has 2 rings (SSSR count). The summed E-state index contributed by atoms with van der Waals surface area (Å²) in [6.07, 6.45) is 3.39. The Balaban J connectivity index is 2.05. The molecule has 0 aromatic carbocycles. The molecule has 0 fully saturated rings. The smallest absolute Gasteiger partial charge is 0.143 e. The summed E-state index contributed by atoms with van der Waals surface area (Å²) in [7, 11) is 1.85. The highest BCUT2D eigenvalue weighted by Gasteiger charge is 2.02. The van der Waals surface area contributed by atoms with E-state index >= 15 is 0 Å². The lowest BCUT2D eigenvalue weighted by Crippen LogP contribution is -2.05. The number of anilines is 1. The summed E-state index contributed by atoms with van der Waals surface area (Å²) in [5.74, 6) is 0. The van der Waals surface area contributed by atoms with Crippen LogP contribution in [0, 0.1) is 0 Å². The maximum atomic E-state index is 5.80. The Morgan fingerprint density at radius 2 is 2.31 bits per heavy atom. The fourth-order valence-electron chi connectivity index (χ4n) is 1.18. The molecule has 0 aliphatic carbocycles. The number of hydrogen-bond acceptors (Lipinski definition) is 4. The molecule has 0 amide bonds. The molecule has 0 atom stereocenters. The van der Waals surface area contributed by atoms with Crippen LogP contribution in [0.3, 0.4) is 0 Å². The van der Waals surface area contributed by atoms with Crippen molar-refractivity contribution in [3.8, 4) is 0 Å². The third-order valence-electron chi connectivity index (χ3n) is 2.08. The van der Waals surface area contributed by atoms with Crippen LogP contribution in [0.1, 0.15) is 5.69 Å². The van der Waals surface area contributed by atoms with Crippen molar-refractivity contribution in [3.05, 3.63) is 33.8 Å². The second kappa shape index (κ2) is 4.80. The van der Waals surface area contributed by atoms with Gasteiger partial charge in [0.1, 0.15) is 5.15 Å². The van der Waals surface area contributed by atoms with Crippen LogP contribution in [-0.4, -0.2) is 20.0 Å². The van der Waals surface area contributed by atoms with Gasteiger partial charge in [0.25, 0.3) is 0 Å². The third-order valence-corrected chi connectivity index (χ3v) is 3.21. The van der Waals surface area contributed by atoms with Crippen LogP contribution in [0.15, 0.2) is 22.9 Å². The molecule has 0 aliphatic rings. The fraction of sp³-hybridized carbons (Fsp3) is 0.222. The number of pyridine rings is 1. The summed E-state index contributed by atoms with van der Waals surface area (Å²) >= 11 is 9.11. The van der Waals surface area contributed by atoms with Crippen molar-refractivity contribution in [1.82, 2.24) is 20.0 Å². The van der Waals surface area contributed by atoms with Crippen LogP contribution in [0.4, 0.5) is 5.69 Å². The van der Waals surface area contributed by atoms with E-state index in [2.05, 4.69) is 36.5 Å². The molecule has 16 heavy (non-hydrogen) atoms. The number of hydrogen-bond donors (Lipinski definition) is 1. The van der Waals surface area contributed by atoms with E-state index in [1.54, 1.807) is 17.1 Å². The molecule has 0 aliphatic heterocycles. The van der Waals surface area contributed by atoms with Gasteiger partial charge in [0.15, 0.2) is 0 Å². The molecule has 5 nitrogen and oxygen atoms in total. The summed E-state index contributed by atoms with van der Waals surface area (Å²) in [4.78, 5) is 4.02. The minimum Gasteiger partial charge on any atom is -0.378 e. The molecule has 0 bridgehead atoms. The van der Waals surface area contributed by atoms with Gasteiger partial charge in [0.2, 0.25) is 0 Å². The van der Waals surface area contributed by atoms with Crippen LogP contribution in [0.5, 0.6) is 0 Å². The topological polar surface area (TPSA) is 55.6 Å². The first-order chi connectivity index (χ1) is 7.66. The van der Waals surface area contributed by atoms with Crippen molar-refractivity contribution in [2.24, 2.45) is 7.05 Å². The largest absolute Gasteiger partial charge is 0.378 e. The second-order valence-electron chi connectivity index (χ2n) is 3.20. The van der Waals surface area contributed by atoms with Crippen molar-refractivity contribution in [2.45, 2.75) is 6.54 Å². The van der Waals surface area contributed by atoms with E-state index < -0.39 is 0 Å². The lowest BCUT2D eigenvalue weighted by Gasteiger charge is -2.06. The van der Waals surface area contributed by atoms with Crippen LogP contribution >= 0.6 is 27.5 Å². The summed E-state index contributed by atoms with van der Waals surface area (Å²) in [6, 6.07) is 1.87. The van der Waals surface area contributed by atoms with E-state index in [9.17, 15) is 0 Å². The normalized spacial score (nSPS) is 10.4. The van der Waals surface area contributed by atoms with Crippen molar-refractivity contribution in [3.63, 3.8) is 0 Å². The zero-order valence-electron chi connectivity index (χ0n) is 8.48. The number of nitrogens with one attached hydrogen (secondary N) is 1.